The van der Waals surface area contributed by atoms with E-state index in [9.17, 15) is 0 Å². The Labute approximate surface area is 79.1 Å². The second-order valence-electron chi connectivity index (χ2n) is 2.55. The first-order valence-corrected chi connectivity index (χ1v) is 3.41. The van der Waals surface area contributed by atoms with Gasteiger partial charge in [-0.15, -0.1) is 5.92 Å². The molecule has 0 radical (unpaired) electrons. The van der Waals surface area contributed by atoms with Crippen LogP contribution in [0.5, 0.6) is 0 Å². The Morgan fingerprint density at radius 3 is 2.00 bits per heavy atom. The van der Waals surface area contributed by atoms with E-state index in [0.717, 1.165) is 0 Å². The molecule has 9 heavy (non-hydrogen) atoms. The molecule has 0 spiro atoms. The summed E-state index contributed by atoms with van der Waals surface area (Å²) in [6.07, 6.45) is 6.39. The van der Waals surface area contributed by atoms with Gasteiger partial charge in [-0.2, -0.15) is 0 Å². The second-order valence-corrected chi connectivity index (χ2v) is 2.55. The summed E-state index contributed by atoms with van der Waals surface area (Å²) in [5.74, 6) is 0.517. The van der Waals surface area contributed by atoms with E-state index in [1.54, 1.807) is 0 Å². The van der Waals surface area contributed by atoms with Gasteiger partial charge in [0.1, 0.15) is 0 Å². The minimum atomic E-state index is 0. The quantitative estimate of drug-likeness (QED) is 0.366. The van der Waals surface area contributed by atoms with E-state index < -0.39 is 0 Å². The molecule has 0 atom stereocenters. The van der Waals surface area contributed by atoms with Crippen LogP contribution in [-0.2, 0) is 0 Å². The van der Waals surface area contributed by atoms with Crippen LogP contribution in [0.1, 0.15) is 32.1 Å². The SMILES string of the molecule is O[CH-]C1CCCCC1.[Na+]. The molecule has 1 nitrogen and oxygen atoms in total. The Kier molecular flexibility index (Phi) is 6.33. The van der Waals surface area contributed by atoms with Crippen molar-refractivity contribution in [3.8, 4) is 0 Å². The molecule has 0 heterocycles. The molecule has 1 saturated carbocycles. The Bertz CT molecular complexity index is 59.9. The Hall–Kier alpha value is 0.960. The van der Waals surface area contributed by atoms with E-state index in [-0.39, 0.29) is 29.6 Å². The number of hydrogen-bond acceptors (Lipinski definition) is 1. The van der Waals surface area contributed by atoms with Crippen LogP contribution in [0.2, 0.25) is 0 Å². The maximum Gasteiger partial charge on any atom is 1.00 e. The van der Waals surface area contributed by atoms with Gasteiger partial charge in [-0.3, -0.25) is 0 Å². The summed E-state index contributed by atoms with van der Waals surface area (Å²) >= 11 is 0. The van der Waals surface area contributed by atoms with Gasteiger partial charge in [0.2, 0.25) is 0 Å². The zero-order chi connectivity index (χ0) is 5.82. The fraction of sp³-hybridized carbons (Fsp3) is 0.857. The summed E-state index contributed by atoms with van der Waals surface area (Å²) in [5.41, 5.74) is 0. The smallest absolute Gasteiger partial charge is 0.566 e. The van der Waals surface area contributed by atoms with Crippen molar-refractivity contribution in [1.29, 1.82) is 0 Å². The normalized spacial score (nSPS) is 21.0. The first-order chi connectivity index (χ1) is 3.93. The molecule has 1 aliphatic rings. The summed E-state index contributed by atoms with van der Waals surface area (Å²) in [5, 5.41) is 8.57. The topological polar surface area (TPSA) is 20.2 Å². The van der Waals surface area contributed by atoms with Crippen molar-refractivity contribution < 1.29 is 34.7 Å². The van der Waals surface area contributed by atoms with Gasteiger partial charge in [-0.1, -0.05) is 32.1 Å². The molecule has 0 aliphatic heterocycles. The summed E-state index contributed by atoms with van der Waals surface area (Å²) in [6, 6.07) is 0. The molecule has 0 amide bonds. The van der Waals surface area contributed by atoms with Crippen LogP contribution < -0.4 is 29.6 Å². The Balaban J connectivity index is 0.000000640. The van der Waals surface area contributed by atoms with Crippen LogP contribution in [0, 0.1) is 12.5 Å². The van der Waals surface area contributed by atoms with Crippen molar-refractivity contribution in [1.82, 2.24) is 0 Å². The molecule has 0 saturated heterocycles. The monoisotopic (exact) mass is 136 g/mol. The van der Waals surface area contributed by atoms with Crippen molar-refractivity contribution in [3.63, 3.8) is 0 Å². The van der Waals surface area contributed by atoms with E-state index in [4.69, 9.17) is 5.11 Å². The molecular weight excluding hydrogens is 123 g/mol. The van der Waals surface area contributed by atoms with E-state index in [2.05, 4.69) is 0 Å². The zero-order valence-corrected chi connectivity index (χ0v) is 8.14. The van der Waals surface area contributed by atoms with Crippen molar-refractivity contribution in [3.05, 3.63) is 6.61 Å². The Morgan fingerprint density at radius 2 is 1.67 bits per heavy atom. The molecule has 0 bridgehead atoms. The summed E-state index contributed by atoms with van der Waals surface area (Å²) in [4.78, 5) is 0. The van der Waals surface area contributed by atoms with E-state index in [0.29, 0.717) is 5.92 Å². The molecule has 1 rings (SSSR count). The van der Waals surface area contributed by atoms with Gasteiger partial charge < -0.3 is 5.11 Å². The summed E-state index contributed by atoms with van der Waals surface area (Å²) in [6.45, 7) is 1.36. The molecule has 0 aromatic carbocycles. The van der Waals surface area contributed by atoms with Crippen LogP contribution >= 0.6 is 0 Å². The van der Waals surface area contributed by atoms with Crippen LogP contribution in [0.3, 0.4) is 0 Å². The van der Waals surface area contributed by atoms with Gasteiger partial charge in [0.05, 0.1) is 0 Å². The molecule has 0 unspecified atom stereocenters. The third-order valence-electron chi connectivity index (χ3n) is 1.86. The molecule has 1 fully saturated rings. The summed E-state index contributed by atoms with van der Waals surface area (Å²) in [7, 11) is 0. The van der Waals surface area contributed by atoms with Crippen molar-refractivity contribution in [2.75, 3.05) is 0 Å². The van der Waals surface area contributed by atoms with Crippen molar-refractivity contribution >= 4 is 0 Å². The molecule has 1 aliphatic carbocycles. The molecule has 0 aromatic heterocycles. The van der Waals surface area contributed by atoms with Gasteiger partial charge in [0.15, 0.2) is 0 Å². The van der Waals surface area contributed by atoms with Crippen LogP contribution in [-0.4, -0.2) is 5.11 Å². The maximum absolute atomic E-state index is 8.57. The largest absolute Gasteiger partial charge is 1.00 e. The predicted molar refractivity (Wildman–Crippen MR) is 32.8 cm³/mol. The third-order valence-corrected chi connectivity index (χ3v) is 1.86. The standard InChI is InChI=1S/C7H13O.Na/c8-6-7-4-2-1-3-5-7;/h6-8H,1-5H2;/q-1;+1. The molecule has 2 heteroatoms. The van der Waals surface area contributed by atoms with Gasteiger partial charge in [0.25, 0.3) is 0 Å². The van der Waals surface area contributed by atoms with E-state index in [1.807, 2.05) is 0 Å². The minimum Gasteiger partial charge on any atom is -0.566 e. The molecule has 1 N–H and O–H groups in total. The van der Waals surface area contributed by atoms with Gasteiger partial charge >= 0.3 is 29.6 Å². The predicted octanol–water partition coefficient (Wildman–Crippen LogP) is -0.895. The number of aliphatic hydroxyl groups is 1. The van der Waals surface area contributed by atoms with Crippen LogP contribution in [0.15, 0.2) is 0 Å². The zero-order valence-electron chi connectivity index (χ0n) is 6.14. The molecule has 48 valence electrons. The van der Waals surface area contributed by atoms with Crippen LogP contribution in [0.4, 0.5) is 0 Å². The third kappa shape index (κ3) is 3.61. The number of hydrogen-bond donors (Lipinski definition) is 1. The molecular formula is C7H13NaO. The average Bonchev–Trinajstić information content (AvgIpc) is 1.90. The average molecular weight is 136 g/mol. The van der Waals surface area contributed by atoms with Gasteiger partial charge in [-0.25, -0.2) is 6.61 Å². The first-order valence-electron chi connectivity index (χ1n) is 3.41. The minimum absolute atomic E-state index is 0. The van der Waals surface area contributed by atoms with Crippen molar-refractivity contribution in [2.24, 2.45) is 5.92 Å². The van der Waals surface area contributed by atoms with Crippen molar-refractivity contribution in [2.45, 2.75) is 32.1 Å². The van der Waals surface area contributed by atoms with Crippen LogP contribution in [0.25, 0.3) is 0 Å². The van der Waals surface area contributed by atoms with E-state index >= 15 is 0 Å². The van der Waals surface area contributed by atoms with E-state index in [1.165, 1.54) is 38.7 Å². The number of rotatable bonds is 1. The van der Waals surface area contributed by atoms with Gasteiger partial charge in [-0.05, 0) is 0 Å². The fourth-order valence-corrected chi connectivity index (χ4v) is 1.28. The Morgan fingerprint density at radius 1 is 1.11 bits per heavy atom. The maximum atomic E-state index is 8.57. The summed E-state index contributed by atoms with van der Waals surface area (Å²) < 4.78 is 0. The van der Waals surface area contributed by atoms with Gasteiger partial charge in [0, 0.05) is 0 Å². The molecule has 0 aromatic rings. The first kappa shape index (κ1) is 9.96. The fourth-order valence-electron chi connectivity index (χ4n) is 1.28. The second kappa shape index (κ2) is 5.72. The number of aliphatic hydroxyl groups excluding tert-OH is 1.